The molecule has 0 saturated carbocycles. The van der Waals surface area contributed by atoms with Gasteiger partial charge < -0.3 is 14.2 Å². The van der Waals surface area contributed by atoms with E-state index in [0.29, 0.717) is 17.2 Å². The van der Waals surface area contributed by atoms with Crippen LogP contribution in [0.25, 0.3) is 54.6 Å². The summed E-state index contributed by atoms with van der Waals surface area (Å²) in [6.45, 7) is 0. The van der Waals surface area contributed by atoms with Gasteiger partial charge in [-0.05, 0) is 74.1 Å². The fourth-order valence-electron chi connectivity index (χ4n) is 5.22. The zero-order valence-electron chi connectivity index (χ0n) is 20.4. The average molecular weight is 504 g/mol. The summed E-state index contributed by atoms with van der Waals surface area (Å²) in [4.78, 5) is 0. The van der Waals surface area contributed by atoms with Gasteiger partial charge >= 0.3 is 0 Å². The number of ether oxygens (including phenoxy) is 3. The molecule has 39 heavy (non-hydrogen) atoms. The lowest BCUT2D eigenvalue weighted by Gasteiger charge is -2.17. The molecule has 0 N–H and O–H groups in total. The molecule has 0 aliphatic carbocycles. The molecule has 6 aromatic carbocycles. The summed E-state index contributed by atoms with van der Waals surface area (Å²) in [7, 11) is 0. The quantitative estimate of drug-likeness (QED) is 0.221. The van der Waals surface area contributed by atoms with E-state index < -0.39 is 0 Å². The summed E-state index contributed by atoms with van der Waals surface area (Å²) in [5.41, 5.74) is 3.75. The normalized spacial score (nSPS) is 10.5. The molecule has 6 aromatic rings. The molecule has 0 bridgehead atoms. The van der Waals surface area contributed by atoms with Crippen molar-refractivity contribution < 1.29 is 14.2 Å². The van der Waals surface area contributed by atoms with Crippen molar-refractivity contribution in [2.24, 2.45) is 0 Å². The summed E-state index contributed by atoms with van der Waals surface area (Å²) in [6, 6.07) is 32.7. The molecule has 182 valence electrons. The number of hydrogen-bond donors (Lipinski definition) is 0. The summed E-state index contributed by atoms with van der Waals surface area (Å²) in [5.74, 6) is 1.40. The molecule has 0 unspecified atom stereocenters. The zero-order chi connectivity index (χ0) is 26.8. The third-order valence-corrected chi connectivity index (χ3v) is 6.79. The summed E-state index contributed by atoms with van der Waals surface area (Å²) < 4.78 is 15.7. The highest BCUT2D eigenvalue weighted by atomic mass is 16.5. The van der Waals surface area contributed by atoms with Crippen molar-refractivity contribution in [3.05, 3.63) is 103 Å². The van der Waals surface area contributed by atoms with E-state index in [-0.39, 0.29) is 0 Å². The minimum atomic E-state index is 0.446. The van der Waals surface area contributed by atoms with Gasteiger partial charge in [0.1, 0.15) is 11.5 Å². The Morgan fingerprint density at radius 2 is 1.08 bits per heavy atom. The van der Waals surface area contributed by atoms with E-state index in [0.717, 1.165) is 54.6 Å². The van der Waals surface area contributed by atoms with Gasteiger partial charge in [0, 0.05) is 10.8 Å². The van der Waals surface area contributed by atoms with E-state index in [9.17, 15) is 5.26 Å². The lowest BCUT2D eigenvalue weighted by atomic mass is 9.88. The van der Waals surface area contributed by atoms with Crippen LogP contribution >= 0.6 is 0 Å². The largest absolute Gasteiger partial charge is 0.388 e. The first-order valence-electron chi connectivity index (χ1n) is 12.0. The van der Waals surface area contributed by atoms with Crippen LogP contribution in [0.4, 0.5) is 0 Å². The molecule has 0 saturated heterocycles. The number of fused-ring (bicyclic) bond motifs is 3. The van der Waals surface area contributed by atoms with Crippen LogP contribution in [0.5, 0.6) is 17.2 Å². The first kappa shape index (κ1) is 23.4. The van der Waals surface area contributed by atoms with Crippen LogP contribution in [0.3, 0.4) is 0 Å². The van der Waals surface area contributed by atoms with Crippen LogP contribution in [-0.4, -0.2) is 0 Å². The number of nitriles is 3. The van der Waals surface area contributed by atoms with Crippen molar-refractivity contribution in [1.29, 1.82) is 15.8 Å². The smallest absolute Gasteiger partial charge is 0.292 e. The molecule has 6 heteroatoms. The number of benzene rings is 6. The molecule has 0 aliphatic heterocycles. The molecular weight excluding hydrogens is 486 g/mol. The minimum Gasteiger partial charge on any atom is -0.388 e. The zero-order valence-corrected chi connectivity index (χ0v) is 20.4. The Kier molecular flexibility index (Phi) is 5.87. The molecule has 0 amide bonds. The van der Waals surface area contributed by atoms with E-state index in [1.54, 1.807) is 30.7 Å². The Bertz CT molecular complexity index is 2050. The second-order valence-electron chi connectivity index (χ2n) is 8.76. The van der Waals surface area contributed by atoms with Gasteiger partial charge in [-0.15, -0.1) is 15.8 Å². The SMILES string of the molecule is N#COc1ccc2c(-c3ccc(-c4ccc(OC#N)c5ccccc45)c4cccc(OC#N)c34)cccc2c1. The van der Waals surface area contributed by atoms with E-state index in [4.69, 9.17) is 24.7 Å². The van der Waals surface area contributed by atoms with Crippen LogP contribution in [0.1, 0.15) is 0 Å². The predicted octanol–water partition coefficient (Wildman–Crippen LogP) is 8.06. The third-order valence-electron chi connectivity index (χ3n) is 6.79. The molecule has 6 nitrogen and oxygen atoms in total. The Hall–Kier alpha value is -6.03. The second kappa shape index (κ2) is 9.79. The standard InChI is InChI=1S/C33H17N3O3/c34-18-37-22-11-12-23-21(17-22)5-3-8-24(23)30-14-13-27(29-9-4-10-32(33(29)30)39-20-36)26-15-16-31(38-19-35)28-7-2-1-6-25(26)28/h1-17H. The van der Waals surface area contributed by atoms with Crippen LogP contribution in [0, 0.1) is 34.6 Å². The summed E-state index contributed by atoms with van der Waals surface area (Å²) >= 11 is 0. The maximum Gasteiger partial charge on any atom is 0.292 e. The van der Waals surface area contributed by atoms with Crippen molar-refractivity contribution >= 4 is 32.3 Å². The van der Waals surface area contributed by atoms with Crippen molar-refractivity contribution in [2.75, 3.05) is 0 Å². The van der Waals surface area contributed by atoms with Crippen molar-refractivity contribution in [3.63, 3.8) is 0 Å². The Labute approximate surface area is 223 Å². The molecule has 0 fully saturated rings. The van der Waals surface area contributed by atoms with Crippen LogP contribution in [0.2, 0.25) is 0 Å². The average Bonchev–Trinajstić information content (AvgIpc) is 2.97. The van der Waals surface area contributed by atoms with Gasteiger partial charge in [0.15, 0.2) is 5.75 Å². The highest BCUT2D eigenvalue weighted by molar-refractivity contribution is 6.14. The van der Waals surface area contributed by atoms with E-state index in [1.807, 2.05) is 85.1 Å². The van der Waals surface area contributed by atoms with Gasteiger partial charge in [-0.25, -0.2) is 0 Å². The van der Waals surface area contributed by atoms with Gasteiger partial charge in [0.05, 0.1) is 0 Å². The van der Waals surface area contributed by atoms with Crippen LogP contribution in [-0.2, 0) is 0 Å². The Balaban J connectivity index is 1.66. The van der Waals surface area contributed by atoms with Gasteiger partial charge in [0.2, 0.25) is 0 Å². The van der Waals surface area contributed by atoms with E-state index in [2.05, 4.69) is 6.07 Å². The molecule has 0 radical (unpaired) electrons. The first-order valence-corrected chi connectivity index (χ1v) is 12.0. The van der Waals surface area contributed by atoms with Gasteiger partial charge in [-0.3, -0.25) is 0 Å². The maximum absolute atomic E-state index is 9.45. The molecule has 0 aliphatic rings. The van der Waals surface area contributed by atoms with Crippen molar-refractivity contribution in [2.45, 2.75) is 0 Å². The highest BCUT2D eigenvalue weighted by Crippen LogP contribution is 2.44. The van der Waals surface area contributed by atoms with E-state index in [1.165, 1.54) is 0 Å². The summed E-state index contributed by atoms with van der Waals surface area (Å²) in [5, 5.41) is 32.8. The van der Waals surface area contributed by atoms with Crippen LogP contribution < -0.4 is 14.2 Å². The predicted molar refractivity (Wildman–Crippen MR) is 149 cm³/mol. The first-order chi connectivity index (χ1) is 19.2. The van der Waals surface area contributed by atoms with Crippen molar-refractivity contribution in [3.8, 4) is 58.3 Å². The maximum atomic E-state index is 9.45. The van der Waals surface area contributed by atoms with Gasteiger partial charge in [-0.2, -0.15) is 0 Å². The van der Waals surface area contributed by atoms with Gasteiger partial charge in [0.25, 0.3) is 18.8 Å². The monoisotopic (exact) mass is 503 g/mol. The molecule has 0 spiro atoms. The van der Waals surface area contributed by atoms with Gasteiger partial charge in [-0.1, -0.05) is 72.8 Å². The van der Waals surface area contributed by atoms with Crippen molar-refractivity contribution in [1.82, 2.24) is 0 Å². The second-order valence-corrected chi connectivity index (χ2v) is 8.76. The molecular formula is C33H17N3O3. The number of rotatable bonds is 5. The molecule has 6 rings (SSSR count). The minimum absolute atomic E-state index is 0.446. The lowest BCUT2D eigenvalue weighted by Crippen LogP contribution is -1.93. The Morgan fingerprint density at radius 1 is 0.436 bits per heavy atom. The summed E-state index contributed by atoms with van der Waals surface area (Å²) in [6.07, 6.45) is 5.31. The van der Waals surface area contributed by atoms with Crippen LogP contribution in [0.15, 0.2) is 103 Å². The third kappa shape index (κ3) is 3.98. The fraction of sp³-hybridized carbons (Fsp3) is 0. The highest BCUT2D eigenvalue weighted by Gasteiger charge is 2.18. The topological polar surface area (TPSA) is 99.1 Å². The molecule has 0 aromatic heterocycles. The number of nitrogens with zero attached hydrogens (tertiary/aromatic N) is 3. The molecule has 0 atom stereocenters. The number of hydrogen-bond acceptors (Lipinski definition) is 6. The fourth-order valence-corrected chi connectivity index (χ4v) is 5.22. The lowest BCUT2D eigenvalue weighted by molar-refractivity contribution is 0.508. The Morgan fingerprint density at radius 3 is 1.90 bits per heavy atom. The van der Waals surface area contributed by atoms with E-state index >= 15 is 0 Å². The molecule has 0 heterocycles.